The Morgan fingerprint density at radius 3 is 2.86 bits per heavy atom. The van der Waals surface area contributed by atoms with Crippen LogP contribution in [-0.4, -0.2) is 48.1 Å². The highest BCUT2D eigenvalue weighted by atomic mass is 16.2. The lowest BCUT2D eigenvalue weighted by Gasteiger charge is -2.38. The number of piperazine rings is 1. The van der Waals surface area contributed by atoms with Crippen LogP contribution in [0.4, 0.5) is 4.79 Å². The monoisotopic (exact) mass is 195 g/mol. The van der Waals surface area contributed by atoms with Gasteiger partial charge in [-0.25, -0.2) is 4.79 Å². The molecule has 0 aromatic rings. The van der Waals surface area contributed by atoms with Gasteiger partial charge >= 0.3 is 6.03 Å². The zero-order chi connectivity index (χ0) is 10.6. The number of primary amides is 1. The van der Waals surface area contributed by atoms with Crippen LogP contribution in [0.1, 0.15) is 13.3 Å². The van der Waals surface area contributed by atoms with E-state index in [1.807, 2.05) is 0 Å². The molecule has 0 bridgehead atoms. The molecule has 2 N–H and O–H groups in total. The summed E-state index contributed by atoms with van der Waals surface area (Å²) in [6, 6.07) is 0.0260. The maximum absolute atomic E-state index is 10.9. The largest absolute Gasteiger partial charge is 0.351 e. The molecule has 1 aliphatic heterocycles. The summed E-state index contributed by atoms with van der Waals surface area (Å²) in [6.45, 7) is 5.28. The Labute approximate surface area is 85.0 Å². The van der Waals surface area contributed by atoms with Crippen LogP contribution in [0, 0.1) is 12.3 Å². The molecule has 1 rings (SSSR count). The molecule has 0 aromatic carbocycles. The van der Waals surface area contributed by atoms with Gasteiger partial charge in [-0.2, -0.15) is 0 Å². The first kappa shape index (κ1) is 10.9. The quantitative estimate of drug-likeness (QED) is 0.635. The standard InChI is InChI=1S/C10H17N3O/c1-3-4-5-12-6-7-13(10(11)14)8-9(12)2/h1,9H,4-8H2,2H3,(H2,11,14). The van der Waals surface area contributed by atoms with Gasteiger partial charge in [0.2, 0.25) is 0 Å². The molecule has 14 heavy (non-hydrogen) atoms. The normalized spacial score (nSPS) is 23.1. The minimum Gasteiger partial charge on any atom is -0.351 e. The Kier molecular flexibility index (Phi) is 3.78. The molecular formula is C10H17N3O. The van der Waals surface area contributed by atoms with Gasteiger partial charge in [0, 0.05) is 38.6 Å². The third-order valence-electron chi connectivity index (χ3n) is 2.62. The number of amides is 2. The molecule has 1 saturated heterocycles. The predicted octanol–water partition coefficient (Wildman–Crippen LogP) is 0.0945. The number of carbonyl (C=O) groups excluding carboxylic acids is 1. The highest BCUT2D eigenvalue weighted by Crippen LogP contribution is 2.09. The molecule has 0 aliphatic carbocycles. The van der Waals surface area contributed by atoms with Crippen LogP contribution in [0.15, 0.2) is 0 Å². The first-order valence-corrected chi connectivity index (χ1v) is 4.87. The van der Waals surface area contributed by atoms with Crippen LogP contribution < -0.4 is 5.73 Å². The summed E-state index contributed by atoms with van der Waals surface area (Å²) in [6.07, 6.45) is 5.97. The second-order valence-corrected chi connectivity index (χ2v) is 3.62. The van der Waals surface area contributed by atoms with E-state index in [1.165, 1.54) is 0 Å². The van der Waals surface area contributed by atoms with Gasteiger partial charge < -0.3 is 10.6 Å². The SMILES string of the molecule is C#CCCN1CCN(C(N)=O)CC1C. The third-order valence-corrected chi connectivity index (χ3v) is 2.62. The van der Waals surface area contributed by atoms with E-state index in [0.717, 1.165) is 19.5 Å². The minimum absolute atomic E-state index is 0.326. The summed E-state index contributed by atoms with van der Waals surface area (Å²) in [5.74, 6) is 2.62. The number of hydrogen-bond acceptors (Lipinski definition) is 2. The summed E-state index contributed by atoms with van der Waals surface area (Å²) in [7, 11) is 0. The highest BCUT2D eigenvalue weighted by molar-refractivity contribution is 5.72. The number of terminal acetylenes is 1. The van der Waals surface area contributed by atoms with Gasteiger partial charge in [0.15, 0.2) is 0 Å². The molecule has 1 aliphatic rings. The number of carbonyl (C=O) groups is 1. The molecule has 1 unspecified atom stereocenters. The Hall–Kier alpha value is -1.21. The minimum atomic E-state index is -0.326. The van der Waals surface area contributed by atoms with E-state index in [9.17, 15) is 4.79 Å². The molecule has 1 atom stereocenters. The maximum atomic E-state index is 10.9. The average molecular weight is 195 g/mol. The van der Waals surface area contributed by atoms with Gasteiger partial charge in [-0.15, -0.1) is 12.3 Å². The van der Waals surface area contributed by atoms with E-state index in [0.29, 0.717) is 19.1 Å². The van der Waals surface area contributed by atoms with Gasteiger partial charge in [0.25, 0.3) is 0 Å². The molecule has 0 radical (unpaired) electrons. The number of nitrogens with two attached hydrogens (primary N) is 1. The van der Waals surface area contributed by atoms with Gasteiger partial charge in [-0.05, 0) is 6.92 Å². The van der Waals surface area contributed by atoms with Crippen molar-refractivity contribution >= 4 is 6.03 Å². The summed E-state index contributed by atoms with van der Waals surface area (Å²) in [4.78, 5) is 14.9. The fourth-order valence-corrected chi connectivity index (χ4v) is 1.74. The van der Waals surface area contributed by atoms with Crippen molar-refractivity contribution in [2.24, 2.45) is 5.73 Å². The smallest absolute Gasteiger partial charge is 0.314 e. The van der Waals surface area contributed by atoms with E-state index in [-0.39, 0.29) is 6.03 Å². The zero-order valence-corrected chi connectivity index (χ0v) is 8.57. The van der Waals surface area contributed by atoms with Crippen molar-refractivity contribution in [3.05, 3.63) is 0 Å². The van der Waals surface area contributed by atoms with Crippen LogP contribution >= 0.6 is 0 Å². The van der Waals surface area contributed by atoms with Crippen molar-refractivity contribution in [1.29, 1.82) is 0 Å². The number of hydrogen-bond donors (Lipinski definition) is 1. The molecule has 0 aromatic heterocycles. The number of nitrogens with zero attached hydrogens (tertiary/aromatic N) is 2. The first-order chi connectivity index (χ1) is 6.65. The molecule has 1 heterocycles. The topological polar surface area (TPSA) is 49.6 Å². The van der Waals surface area contributed by atoms with E-state index < -0.39 is 0 Å². The number of rotatable bonds is 2. The van der Waals surface area contributed by atoms with Crippen molar-refractivity contribution < 1.29 is 4.79 Å². The molecule has 0 spiro atoms. The number of urea groups is 1. The van der Waals surface area contributed by atoms with E-state index >= 15 is 0 Å². The van der Waals surface area contributed by atoms with Crippen molar-refractivity contribution in [1.82, 2.24) is 9.80 Å². The van der Waals surface area contributed by atoms with Crippen LogP contribution in [0.3, 0.4) is 0 Å². The summed E-state index contributed by atoms with van der Waals surface area (Å²) in [5, 5.41) is 0. The molecule has 0 saturated carbocycles. The fourth-order valence-electron chi connectivity index (χ4n) is 1.74. The van der Waals surface area contributed by atoms with Crippen molar-refractivity contribution in [3.63, 3.8) is 0 Å². The molecule has 4 heteroatoms. The lowest BCUT2D eigenvalue weighted by atomic mass is 10.2. The molecule has 1 fully saturated rings. The van der Waals surface area contributed by atoms with Crippen molar-refractivity contribution in [2.75, 3.05) is 26.2 Å². The summed E-state index contributed by atoms with van der Waals surface area (Å²) in [5.41, 5.74) is 5.21. The van der Waals surface area contributed by atoms with Gasteiger partial charge in [-0.1, -0.05) is 0 Å². The predicted molar refractivity (Wildman–Crippen MR) is 55.6 cm³/mol. The summed E-state index contributed by atoms with van der Waals surface area (Å²) >= 11 is 0. The lowest BCUT2D eigenvalue weighted by molar-refractivity contribution is 0.104. The Morgan fingerprint density at radius 1 is 1.64 bits per heavy atom. The fraction of sp³-hybridized carbons (Fsp3) is 0.700. The molecule has 4 nitrogen and oxygen atoms in total. The second-order valence-electron chi connectivity index (χ2n) is 3.62. The molecule has 78 valence electrons. The van der Waals surface area contributed by atoms with E-state index in [4.69, 9.17) is 12.2 Å². The Balaban J connectivity index is 2.40. The van der Waals surface area contributed by atoms with Crippen LogP contribution in [-0.2, 0) is 0 Å². The maximum Gasteiger partial charge on any atom is 0.314 e. The van der Waals surface area contributed by atoms with E-state index in [2.05, 4.69) is 17.7 Å². The van der Waals surface area contributed by atoms with Crippen LogP contribution in [0.5, 0.6) is 0 Å². The van der Waals surface area contributed by atoms with Crippen molar-refractivity contribution in [2.45, 2.75) is 19.4 Å². The van der Waals surface area contributed by atoms with Crippen LogP contribution in [0.25, 0.3) is 0 Å². The van der Waals surface area contributed by atoms with Gasteiger partial charge in [-0.3, -0.25) is 4.90 Å². The summed E-state index contributed by atoms with van der Waals surface area (Å²) < 4.78 is 0. The average Bonchev–Trinajstić information content (AvgIpc) is 2.15. The highest BCUT2D eigenvalue weighted by Gasteiger charge is 2.24. The van der Waals surface area contributed by atoms with Crippen LogP contribution in [0.2, 0.25) is 0 Å². The Bertz CT molecular complexity index is 246. The second kappa shape index (κ2) is 4.87. The lowest BCUT2D eigenvalue weighted by Crippen LogP contribution is -2.54. The molecular weight excluding hydrogens is 178 g/mol. The molecule has 2 amide bonds. The first-order valence-electron chi connectivity index (χ1n) is 4.87. The Morgan fingerprint density at radius 2 is 2.36 bits per heavy atom. The van der Waals surface area contributed by atoms with Gasteiger partial charge in [0.05, 0.1) is 0 Å². The van der Waals surface area contributed by atoms with Crippen molar-refractivity contribution in [3.8, 4) is 12.3 Å². The van der Waals surface area contributed by atoms with Gasteiger partial charge in [0.1, 0.15) is 0 Å². The third kappa shape index (κ3) is 2.64. The van der Waals surface area contributed by atoms with E-state index in [1.54, 1.807) is 4.90 Å². The zero-order valence-electron chi connectivity index (χ0n) is 8.57.